The van der Waals surface area contributed by atoms with E-state index >= 15 is 0 Å². The van der Waals surface area contributed by atoms with Crippen LogP contribution in [0.2, 0.25) is 0 Å². The van der Waals surface area contributed by atoms with Crippen molar-refractivity contribution in [1.29, 1.82) is 0 Å². The zero-order chi connectivity index (χ0) is 21.9. The molecule has 2 N–H and O–H groups in total. The highest BCUT2D eigenvalue weighted by Crippen LogP contribution is 2.28. The summed E-state index contributed by atoms with van der Waals surface area (Å²) >= 11 is 0. The molecule has 1 saturated carbocycles. The first-order valence-corrected chi connectivity index (χ1v) is 11.5. The first-order valence-electron chi connectivity index (χ1n) is 11.5. The minimum absolute atomic E-state index is 0.231. The Hall–Kier alpha value is -2.08. The van der Waals surface area contributed by atoms with Crippen LogP contribution in [0.1, 0.15) is 43.2 Å². The quantitative estimate of drug-likeness (QED) is 0.532. The van der Waals surface area contributed by atoms with Gasteiger partial charge in [0.1, 0.15) is 12.7 Å². The van der Waals surface area contributed by atoms with Crippen molar-refractivity contribution in [2.75, 3.05) is 33.9 Å². The van der Waals surface area contributed by atoms with E-state index in [9.17, 15) is 5.11 Å². The molecule has 0 amide bonds. The first kappa shape index (κ1) is 23.6. The lowest BCUT2D eigenvalue weighted by Crippen LogP contribution is -2.32. The number of hydrogen-bond acceptors (Lipinski definition) is 5. The molecule has 0 aliphatic heterocycles. The van der Waals surface area contributed by atoms with E-state index in [-0.39, 0.29) is 6.61 Å². The number of ether oxygens (including phenoxy) is 2. The molecule has 0 unspecified atom stereocenters. The number of hydrogen-bond donors (Lipinski definition) is 2. The van der Waals surface area contributed by atoms with Gasteiger partial charge in [-0.15, -0.1) is 0 Å². The molecule has 1 aliphatic rings. The number of methoxy groups -OCH3 is 1. The van der Waals surface area contributed by atoms with E-state index in [1.54, 1.807) is 7.11 Å². The van der Waals surface area contributed by atoms with Gasteiger partial charge in [-0.05, 0) is 55.6 Å². The average molecular weight is 427 g/mol. The Bertz CT molecular complexity index is 763. The van der Waals surface area contributed by atoms with Gasteiger partial charge in [0, 0.05) is 19.6 Å². The largest absolute Gasteiger partial charge is 0.493 e. The molecule has 1 fully saturated rings. The van der Waals surface area contributed by atoms with E-state index in [4.69, 9.17) is 9.47 Å². The van der Waals surface area contributed by atoms with Crippen molar-refractivity contribution in [2.45, 2.75) is 51.3 Å². The molecule has 0 heterocycles. The molecule has 0 bridgehead atoms. The van der Waals surface area contributed by atoms with Crippen molar-refractivity contribution in [3.05, 3.63) is 59.7 Å². The number of benzene rings is 2. The minimum atomic E-state index is -0.577. The Morgan fingerprint density at radius 2 is 1.81 bits per heavy atom. The Labute approximate surface area is 187 Å². The lowest BCUT2D eigenvalue weighted by molar-refractivity contribution is 0.0732. The summed E-state index contributed by atoms with van der Waals surface area (Å²) < 4.78 is 11.4. The molecule has 0 spiro atoms. The zero-order valence-corrected chi connectivity index (χ0v) is 19.1. The van der Waals surface area contributed by atoms with Crippen molar-refractivity contribution in [3.8, 4) is 11.5 Å². The van der Waals surface area contributed by atoms with Crippen LogP contribution in [0.3, 0.4) is 0 Å². The molecule has 31 heavy (non-hydrogen) atoms. The lowest BCUT2D eigenvalue weighted by atomic mass is 9.89. The first-order chi connectivity index (χ1) is 15.1. The summed E-state index contributed by atoms with van der Waals surface area (Å²) in [5, 5.41) is 14.1. The van der Waals surface area contributed by atoms with Crippen molar-refractivity contribution < 1.29 is 14.6 Å². The van der Waals surface area contributed by atoms with Crippen LogP contribution in [0.5, 0.6) is 11.5 Å². The molecule has 2 aromatic carbocycles. The van der Waals surface area contributed by atoms with E-state index in [1.165, 1.54) is 43.2 Å². The predicted molar refractivity (Wildman–Crippen MR) is 126 cm³/mol. The summed E-state index contributed by atoms with van der Waals surface area (Å²) in [7, 11) is 3.66. The van der Waals surface area contributed by atoms with E-state index < -0.39 is 6.10 Å². The van der Waals surface area contributed by atoms with Crippen molar-refractivity contribution in [3.63, 3.8) is 0 Å². The van der Waals surface area contributed by atoms with Crippen LogP contribution in [0.25, 0.3) is 0 Å². The molecule has 1 aliphatic carbocycles. The molecule has 0 radical (unpaired) electrons. The number of nitrogens with one attached hydrogen (secondary N) is 1. The van der Waals surface area contributed by atoms with E-state index in [0.29, 0.717) is 18.0 Å². The summed E-state index contributed by atoms with van der Waals surface area (Å²) in [5.74, 6) is 2.19. The number of likely N-dealkylation sites (N-methyl/N-ethyl adjacent to an activating group) is 1. The maximum Gasteiger partial charge on any atom is 0.161 e. The van der Waals surface area contributed by atoms with Crippen LogP contribution in [0.4, 0.5) is 0 Å². The number of aliphatic hydroxyl groups is 1. The molecule has 5 heteroatoms. The number of rotatable bonds is 12. The monoisotopic (exact) mass is 426 g/mol. The van der Waals surface area contributed by atoms with E-state index in [0.717, 1.165) is 25.6 Å². The Morgan fingerprint density at radius 1 is 1.03 bits per heavy atom. The Morgan fingerprint density at radius 3 is 2.55 bits per heavy atom. The smallest absolute Gasteiger partial charge is 0.161 e. The second-order valence-electron chi connectivity index (χ2n) is 8.77. The van der Waals surface area contributed by atoms with Crippen LogP contribution < -0.4 is 14.8 Å². The van der Waals surface area contributed by atoms with Gasteiger partial charge in [0.15, 0.2) is 11.5 Å². The number of aliphatic hydroxyl groups excluding tert-OH is 1. The van der Waals surface area contributed by atoms with Gasteiger partial charge in [-0.3, -0.25) is 4.90 Å². The maximum absolute atomic E-state index is 10.5. The normalized spacial score (nSPS) is 15.7. The van der Waals surface area contributed by atoms with Gasteiger partial charge in [0.2, 0.25) is 0 Å². The van der Waals surface area contributed by atoms with Gasteiger partial charge >= 0.3 is 0 Å². The Balaban J connectivity index is 1.45. The van der Waals surface area contributed by atoms with Crippen LogP contribution in [-0.4, -0.2) is 50.0 Å². The molecular weight excluding hydrogens is 388 g/mol. The van der Waals surface area contributed by atoms with E-state index in [2.05, 4.69) is 28.4 Å². The van der Waals surface area contributed by atoms with Gasteiger partial charge in [0.05, 0.1) is 7.11 Å². The van der Waals surface area contributed by atoms with Gasteiger partial charge in [-0.25, -0.2) is 0 Å². The predicted octanol–water partition coefficient (Wildman–Crippen LogP) is 4.24. The second-order valence-corrected chi connectivity index (χ2v) is 8.77. The zero-order valence-electron chi connectivity index (χ0n) is 19.1. The SMILES string of the molecule is COc1ccc(CNCC2CCCCC2)cc1OC[C@@H](O)CN(C)Cc1ccccc1. The molecule has 0 aromatic heterocycles. The second kappa shape index (κ2) is 12.7. The van der Waals surface area contributed by atoms with Gasteiger partial charge < -0.3 is 19.9 Å². The number of nitrogens with zero attached hydrogens (tertiary/aromatic N) is 1. The van der Waals surface area contributed by atoms with Crippen molar-refractivity contribution >= 4 is 0 Å². The van der Waals surface area contributed by atoms with Crippen molar-refractivity contribution in [2.24, 2.45) is 5.92 Å². The van der Waals surface area contributed by atoms with Crippen LogP contribution in [0.15, 0.2) is 48.5 Å². The topological polar surface area (TPSA) is 54.0 Å². The maximum atomic E-state index is 10.5. The summed E-state index contributed by atoms with van der Waals surface area (Å²) in [6, 6.07) is 16.3. The van der Waals surface area contributed by atoms with Crippen LogP contribution in [0, 0.1) is 5.92 Å². The van der Waals surface area contributed by atoms with Crippen molar-refractivity contribution in [1.82, 2.24) is 10.2 Å². The fourth-order valence-electron chi connectivity index (χ4n) is 4.31. The third-order valence-electron chi connectivity index (χ3n) is 5.96. The van der Waals surface area contributed by atoms with Gasteiger partial charge in [-0.2, -0.15) is 0 Å². The summed E-state index contributed by atoms with van der Waals surface area (Å²) in [4.78, 5) is 2.10. The average Bonchev–Trinajstić information content (AvgIpc) is 2.79. The van der Waals surface area contributed by atoms with Crippen LogP contribution in [-0.2, 0) is 13.1 Å². The highest BCUT2D eigenvalue weighted by atomic mass is 16.5. The molecule has 170 valence electrons. The lowest BCUT2D eigenvalue weighted by Gasteiger charge is -2.22. The molecule has 1 atom stereocenters. The third kappa shape index (κ3) is 8.17. The molecule has 0 saturated heterocycles. The van der Waals surface area contributed by atoms with Crippen LogP contribution >= 0.6 is 0 Å². The van der Waals surface area contributed by atoms with Gasteiger partial charge in [-0.1, -0.05) is 55.7 Å². The summed E-state index contributed by atoms with van der Waals surface area (Å²) in [6.45, 7) is 3.46. The van der Waals surface area contributed by atoms with Gasteiger partial charge in [0.25, 0.3) is 0 Å². The fourth-order valence-corrected chi connectivity index (χ4v) is 4.31. The minimum Gasteiger partial charge on any atom is -0.493 e. The van der Waals surface area contributed by atoms with E-state index in [1.807, 2.05) is 37.4 Å². The molecule has 3 rings (SSSR count). The Kier molecular flexibility index (Phi) is 9.66. The highest BCUT2D eigenvalue weighted by molar-refractivity contribution is 5.43. The standard InChI is InChI=1S/C26H38N2O3/c1-28(18-22-11-7-4-8-12-22)19-24(29)20-31-26-15-23(13-14-25(26)30-2)17-27-16-21-9-5-3-6-10-21/h4,7-8,11-15,21,24,27,29H,3,5-6,9-10,16-20H2,1-2H3/t24-/m0/s1. The summed E-state index contributed by atoms with van der Waals surface area (Å²) in [5.41, 5.74) is 2.40. The molecule has 2 aromatic rings. The third-order valence-corrected chi connectivity index (χ3v) is 5.96. The highest BCUT2D eigenvalue weighted by Gasteiger charge is 2.14. The molecular formula is C26H38N2O3. The molecule has 5 nitrogen and oxygen atoms in total. The summed E-state index contributed by atoms with van der Waals surface area (Å²) in [6.07, 6.45) is 6.25. The fraction of sp³-hybridized carbons (Fsp3) is 0.538.